The van der Waals surface area contributed by atoms with Crippen molar-refractivity contribution in [3.8, 4) is 0 Å². The Labute approximate surface area is 77.8 Å². The van der Waals surface area contributed by atoms with Crippen molar-refractivity contribution in [2.45, 2.75) is 45.7 Å². The lowest BCUT2D eigenvalue weighted by Crippen LogP contribution is -2.34. The molecule has 0 aromatic heterocycles. The van der Waals surface area contributed by atoms with E-state index < -0.39 is 17.9 Å². The van der Waals surface area contributed by atoms with Crippen molar-refractivity contribution in [2.24, 2.45) is 5.92 Å². The van der Waals surface area contributed by atoms with Gasteiger partial charge in [0.25, 0.3) is 0 Å². The zero-order valence-electron chi connectivity index (χ0n) is 8.40. The van der Waals surface area contributed by atoms with Gasteiger partial charge in [0.1, 0.15) is 6.10 Å². The Balaban J connectivity index is 2.77. The zero-order chi connectivity index (χ0) is 10.2. The first-order chi connectivity index (χ1) is 5.83. The second-order valence-corrected chi connectivity index (χ2v) is 4.10. The van der Waals surface area contributed by atoms with Crippen LogP contribution in [0.3, 0.4) is 0 Å². The van der Waals surface area contributed by atoms with E-state index in [0.29, 0.717) is 0 Å². The van der Waals surface area contributed by atoms with E-state index in [2.05, 4.69) is 0 Å². The maximum Gasteiger partial charge on any atom is 0.335 e. The third kappa shape index (κ3) is 2.19. The summed E-state index contributed by atoms with van der Waals surface area (Å²) in [5.41, 5.74) is 0. The molecule has 0 aliphatic carbocycles. The van der Waals surface area contributed by atoms with Crippen LogP contribution >= 0.6 is 0 Å². The van der Waals surface area contributed by atoms with Gasteiger partial charge in [-0.15, -0.1) is 0 Å². The van der Waals surface area contributed by atoms with Crippen molar-refractivity contribution in [2.75, 3.05) is 0 Å². The van der Waals surface area contributed by atoms with Crippen LogP contribution in [0.1, 0.15) is 27.7 Å². The molecule has 0 radical (unpaired) electrons. The van der Waals surface area contributed by atoms with E-state index in [-0.39, 0.29) is 12.0 Å². The molecule has 1 saturated heterocycles. The summed E-state index contributed by atoms with van der Waals surface area (Å²) in [5.74, 6) is -1.59. The fraction of sp³-hybridized carbons (Fsp3) is 0.889. The molecule has 1 heterocycles. The molecule has 2 unspecified atom stereocenters. The lowest BCUT2D eigenvalue weighted by atomic mass is 10.0. The van der Waals surface area contributed by atoms with Crippen LogP contribution in [0.5, 0.6) is 0 Å². The highest BCUT2D eigenvalue weighted by molar-refractivity contribution is 5.73. The van der Waals surface area contributed by atoms with E-state index in [1.54, 1.807) is 13.8 Å². The molecule has 0 aromatic carbocycles. The van der Waals surface area contributed by atoms with E-state index in [9.17, 15) is 4.79 Å². The Bertz CT molecular complexity index is 210. The summed E-state index contributed by atoms with van der Waals surface area (Å²) < 4.78 is 10.7. The summed E-state index contributed by atoms with van der Waals surface area (Å²) >= 11 is 0. The van der Waals surface area contributed by atoms with Crippen molar-refractivity contribution in [3.63, 3.8) is 0 Å². The molecule has 0 bridgehead atoms. The minimum atomic E-state index is -0.954. The molecule has 0 spiro atoms. The van der Waals surface area contributed by atoms with Gasteiger partial charge < -0.3 is 14.6 Å². The van der Waals surface area contributed by atoms with Crippen LogP contribution in [0.2, 0.25) is 0 Å². The molecular formula is C9H16O4. The van der Waals surface area contributed by atoms with Crippen molar-refractivity contribution in [1.29, 1.82) is 0 Å². The highest BCUT2D eigenvalue weighted by Gasteiger charge is 2.46. The van der Waals surface area contributed by atoms with Crippen molar-refractivity contribution in [3.05, 3.63) is 0 Å². The third-order valence-electron chi connectivity index (χ3n) is 2.03. The first-order valence-electron chi connectivity index (χ1n) is 4.42. The fourth-order valence-corrected chi connectivity index (χ4v) is 1.47. The standard InChI is InChI=1S/C9H16O4/c1-5(2)6-7(8(10)11)13-9(3,4)12-6/h5-7H,1-4H3,(H,10,11). The Morgan fingerprint density at radius 1 is 1.38 bits per heavy atom. The topological polar surface area (TPSA) is 55.8 Å². The van der Waals surface area contributed by atoms with Crippen molar-refractivity contribution < 1.29 is 19.4 Å². The molecular weight excluding hydrogens is 172 g/mol. The van der Waals surface area contributed by atoms with E-state index in [1.807, 2.05) is 13.8 Å². The van der Waals surface area contributed by atoms with Crippen LogP contribution in [0.15, 0.2) is 0 Å². The van der Waals surface area contributed by atoms with Crippen LogP contribution in [-0.4, -0.2) is 29.1 Å². The van der Waals surface area contributed by atoms with Crippen molar-refractivity contribution >= 4 is 5.97 Å². The fourth-order valence-electron chi connectivity index (χ4n) is 1.47. The first-order valence-corrected chi connectivity index (χ1v) is 4.42. The van der Waals surface area contributed by atoms with Crippen LogP contribution in [0, 0.1) is 5.92 Å². The van der Waals surface area contributed by atoms with Gasteiger partial charge in [0, 0.05) is 0 Å². The van der Waals surface area contributed by atoms with E-state index in [0.717, 1.165) is 0 Å². The zero-order valence-corrected chi connectivity index (χ0v) is 8.40. The minimum Gasteiger partial charge on any atom is -0.479 e. The molecule has 2 atom stereocenters. The molecule has 1 fully saturated rings. The minimum absolute atomic E-state index is 0.142. The van der Waals surface area contributed by atoms with Gasteiger partial charge >= 0.3 is 5.97 Å². The van der Waals surface area contributed by atoms with Crippen LogP contribution in [0.4, 0.5) is 0 Å². The Kier molecular flexibility index (Phi) is 2.63. The second-order valence-electron chi connectivity index (χ2n) is 4.10. The van der Waals surface area contributed by atoms with Gasteiger partial charge in [-0.25, -0.2) is 4.79 Å². The highest BCUT2D eigenvalue weighted by atomic mass is 16.8. The Morgan fingerprint density at radius 3 is 2.23 bits per heavy atom. The SMILES string of the molecule is CC(C)C1OC(C)(C)OC1C(=O)O. The van der Waals surface area contributed by atoms with E-state index in [4.69, 9.17) is 14.6 Å². The van der Waals surface area contributed by atoms with Crippen LogP contribution < -0.4 is 0 Å². The van der Waals surface area contributed by atoms with Crippen LogP contribution in [0.25, 0.3) is 0 Å². The molecule has 4 nitrogen and oxygen atoms in total. The maximum absolute atomic E-state index is 10.8. The average molecular weight is 188 g/mol. The summed E-state index contributed by atoms with van der Waals surface area (Å²) in [6.07, 6.45) is -1.19. The monoisotopic (exact) mass is 188 g/mol. The lowest BCUT2D eigenvalue weighted by Gasteiger charge is -2.18. The number of hydrogen-bond donors (Lipinski definition) is 1. The molecule has 4 heteroatoms. The van der Waals surface area contributed by atoms with E-state index in [1.165, 1.54) is 0 Å². The number of aliphatic carboxylic acids is 1. The maximum atomic E-state index is 10.8. The van der Waals surface area contributed by atoms with E-state index >= 15 is 0 Å². The van der Waals surface area contributed by atoms with Gasteiger partial charge in [-0.3, -0.25) is 0 Å². The molecule has 1 aliphatic rings. The molecule has 76 valence electrons. The van der Waals surface area contributed by atoms with Gasteiger partial charge in [0.2, 0.25) is 0 Å². The first kappa shape index (κ1) is 10.5. The van der Waals surface area contributed by atoms with Gasteiger partial charge in [-0.2, -0.15) is 0 Å². The van der Waals surface area contributed by atoms with Gasteiger partial charge in [0.05, 0.1) is 0 Å². The molecule has 1 N–H and O–H groups in total. The predicted molar refractivity (Wildman–Crippen MR) is 46.3 cm³/mol. The molecule has 0 aromatic rings. The number of carboxylic acid groups (broad SMARTS) is 1. The summed E-state index contributed by atoms with van der Waals surface area (Å²) in [7, 11) is 0. The summed E-state index contributed by atoms with van der Waals surface area (Å²) in [6.45, 7) is 7.30. The number of hydrogen-bond acceptors (Lipinski definition) is 3. The quantitative estimate of drug-likeness (QED) is 0.708. The average Bonchev–Trinajstić information content (AvgIpc) is 2.26. The number of carbonyl (C=O) groups is 1. The molecule has 0 amide bonds. The number of carboxylic acids is 1. The van der Waals surface area contributed by atoms with Gasteiger partial charge in [0.15, 0.2) is 11.9 Å². The summed E-state index contributed by atoms with van der Waals surface area (Å²) in [6, 6.07) is 0. The van der Waals surface area contributed by atoms with Crippen molar-refractivity contribution in [1.82, 2.24) is 0 Å². The lowest BCUT2D eigenvalue weighted by molar-refractivity contribution is -0.166. The smallest absolute Gasteiger partial charge is 0.335 e. The number of rotatable bonds is 2. The molecule has 13 heavy (non-hydrogen) atoms. The largest absolute Gasteiger partial charge is 0.479 e. The third-order valence-corrected chi connectivity index (χ3v) is 2.03. The van der Waals surface area contributed by atoms with Gasteiger partial charge in [-0.05, 0) is 19.8 Å². The normalized spacial score (nSPS) is 32.4. The van der Waals surface area contributed by atoms with Gasteiger partial charge in [-0.1, -0.05) is 13.8 Å². The number of ether oxygens (including phenoxy) is 2. The second kappa shape index (κ2) is 3.27. The summed E-state index contributed by atoms with van der Waals surface area (Å²) in [5, 5.41) is 8.86. The molecule has 0 saturated carbocycles. The summed E-state index contributed by atoms with van der Waals surface area (Å²) in [4.78, 5) is 10.8. The molecule has 1 rings (SSSR count). The Hall–Kier alpha value is -0.610. The highest BCUT2D eigenvalue weighted by Crippen LogP contribution is 2.31. The van der Waals surface area contributed by atoms with Crippen LogP contribution in [-0.2, 0) is 14.3 Å². The Morgan fingerprint density at radius 2 is 1.92 bits per heavy atom. The molecule has 1 aliphatic heterocycles. The predicted octanol–water partition coefficient (Wildman–Crippen LogP) is 1.25.